The van der Waals surface area contributed by atoms with Crippen LogP contribution in [0.15, 0.2) is 66.9 Å². The largest absolute Gasteiger partial charge is 0.444 e. The van der Waals surface area contributed by atoms with Gasteiger partial charge < -0.3 is 14.5 Å². The van der Waals surface area contributed by atoms with E-state index >= 15 is 0 Å². The summed E-state index contributed by atoms with van der Waals surface area (Å²) in [6, 6.07) is 17.6. The third-order valence-electron chi connectivity index (χ3n) is 6.53. The topological polar surface area (TPSA) is 66.0 Å². The number of benzene rings is 2. The second-order valence-electron chi connectivity index (χ2n) is 10.7. The van der Waals surface area contributed by atoms with Crippen molar-refractivity contribution >= 4 is 17.7 Å². The summed E-state index contributed by atoms with van der Waals surface area (Å²) >= 11 is 0. The Morgan fingerprint density at radius 3 is 2.24 bits per heavy atom. The van der Waals surface area contributed by atoms with Crippen molar-refractivity contribution in [2.75, 3.05) is 31.6 Å². The summed E-state index contributed by atoms with van der Waals surface area (Å²) in [5.41, 5.74) is 3.38. The molecule has 200 valence electrons. The standard InChI is InChI=1S/C30H35FN4O3/c1-21-19-34(16-17-35(21)29(37)38-30(2,3)4)20-22-6-13-26(14-7-22)33(5)28(36)27-15-10-24(18-32-27)23-8-11-25(31)12-9-23/h6-15,18,21H,16-17,19-20H2,1-5H3/t21-/m0/s1. The van der Waals surface area contributed by atoms with Gasteiger partial charge in [-0.05, 0) is 69.2 Å². The Morgan fingerprint density at radius 1 is 1.00 bits per heavy atom. The fourth-order valence-electron chi connectivity index (χ4n) is 4.47. The highest BCUT2D eigenvalue weighted by Gasteiger charge is 2.30. The second kappa shape index (κ2) is 11.3. The van der Waals surface area contributed by atoms with E-state index in [1.54, 1.807) is 41.2 Å². The van der Waals surface area contributed by atoms with Crippen molar-refractivity contribution in [3.8, 4) is 11.1 Å². The van der Waals surface area contributed by atoms with Crippen molar-refractivity contribution in [3.63, 3.8) is 0 Å². The van der Waals surface area contributed by atoms with Gasteiger partial charge >= 0.3 is 6.09 Å². The van der Waals surface area contributed by atoms with E-state index in [2.05, 4.69) is 9.88 Å². The van der Waals surface area contributed by atoms with Crippen molar-refractivity contribution in [1.82, 2.24) is 14.8 Å². The second-order valence-corrected chi connectivity index (χ2v) is 10.7. The molecule has 38 heavy (non-hydrogen) atoms. The minimum atomic E-state index is -0.506. The van der Waals surface area contributed by atoms with Crippen LogP contribution in [0.3, 0.4) is 0 Å². The van der Waals surface area contributed by atoms with E-state index in [0.29, 0.717) is 12.2 Å². The van der Waals surface area contributed by atoms with Gasteiger partial charge in [-0.3, -0.25) is 14.7 Å². The number of piperazine rings is 1. The van der Waals surface area contributed by atoms with E-state index in [1.807, 2.05) is 58.0 Å². The van der Waals surface area contributed by atoms with E-state index in [-0.39, 0.29) is 23.9 Å². The molecule has 1 aromatic heterocycles. The molecule has 7 nitrogen and oxygen atoms in total. The summed E-state index contributed by atoms with van der Waals surface area (Å²) < 4.78 is 18.7. The number of halogens is 1. The van der Waals surface area contributed by atoms with Gasteiger partial charge in [0, 0.05) is 56.7 Å². The van der Waals surface area contributed by atoms with Gasteiger partial charge in [-0.25, -0.2) is 9.18 Å². The molecule has 0 bridgehead atoms. The molecular formula is C30H35FN4O3. The van der Waals surface area contributed by atoms with Crippen LogP contribution in [0.5, 0.6) is 0 Å². The van der Waals surface area contributed by atoms with Gasteiger partial charge in [-0.15, -0.1) is 0 Å². The highest BCUT2D eigenvalue weighted by molar-refractivity contribution is 6.04. The summed E-state index contributed by atoms with van der Waals surface area (Å²) in [7, 11) is 1.73. The fourth-order valence-corrected chi connectivity index (χ4v) is 4.47. The monoisotopic (exact) mass is 518 g/mol. The molecule has 1 atom stereocenters. The smallest absolute Gasteiger partial charge is 0.410 e. The molecule has 0 unspecified atom stereocenters. The van der Waals surface area contributed by atoms with E-state index in [0.717, 1.165) is 42.0 Å². The van der Waals surface area contributed by atoms with Gasteiger partial charge in [0.1, 0.15) is 17.1 Å². The van der Waals surface area contributed by atoms with Gasteiger partial charge in [0.2, 0.25) is 0 Å². The Balaban J connectivity index is 1.33. The van der Waals surface area contributed by atoms with E-state index in [4.69, 9.17) is 4.74 Å². The average molecular weight is 519 g/mol. The van der Waals surface area contributed by atoms with Crippen LogP contribution in [0.4, 0.5) is 14.9 Å². The maximum absolute atomic E-state index is 13.2. The van der Waals surface area contributed by atoms with E-state index < -0.39 is 5.60 Å². The summed E-state index contributed by atoms with van der Waals surface area (Å²) in [5.74, 6) is -0.507. The average Bonchev–Trinajstić information content (AvgIpc) is 2.88. The summed E-state index contributed by atoms with van der Waals surface area (Å²) in [6.45, 7) is 10.6. The van der Waals surface area contributed by atoms with Crippen LogP contribution >= 0.6 is 0 Å². The number of nitrogens with zero attached hydrogens (tertiary/aromatic N) is 4. The lowest BCUT2D eigenvalue weighted by molar-refractivity contribution is 0.000551. The Kier molecular flexibility index (Phi) is 8.11. The van der Waals surface area contributed by atoms with Crippen LogP contribution in [0.2, 0.25) is 0 Å². The number of hydrogen-bond acceptors (Lipinski definition) is 5. The quantitative estimate of drug-likeness (QED) is 0.440. The number of pyridine rings is 1. The fraction of sp³-hybridized carbons (Fsp3) is 0.367. The first-order valence-corrected chi connectivity index (χ1v) is 12.8. The summed E-state index contributed by atoms with van der Waals surface area (Å²) in [4.78, 5) is 35.5. The molecule has 0 radical (unpaired) electrons. The SMILES string of the molecule is C[C@H]1CN(Cc2ccc(N(C)C(=O)c3ccc(-c4ccc(F)cc4)cn3)cc2)CCN1C(=O)OC(C)(C)C. The number of amides is 2. The predicted molar refractivity (Wildman–Crippen MR) is 146 cm³/mol. The molecule has 1 aliphatic heterocycles. The molecule has 2 amide bonds. The molecule has 4 rings (SSSR count). The van der Waals surface area contributed by atoms with Gasteiger partial charge in [0.25, 0.3) is 5.91 Å². The number of carbonyl (C=O) groups excluding carboxylic acids is 2. The van der Waals surface area contributed by atoms with Crippen LogP contribution in [0.1, 0.15) is 43.7 Å². The molecule has 1 fully saturated rings. The lowest BCUT2D eigenvalue weighted by Crippen LogP contribution is -2.54. The molecule has 0 aliphatic carbocycles. The highest BCUT2D eigenvalue weighted by atomic mass is 19.1. The first-order valence-electron chi connectivity index (χ1n) is 12.8. The first-order chi connectivity index (χ1) is 18.0. The number of anilines is 1. The number of hydrogen-bond donors (Lipinski definition) is 0. The van der Waals surface area contributed by atoms with Crippen LogP contribution < -0.4 is 4.90 Å². The number of ether oxygens (including phenoxy) is 1. The molecular weight excluding hydrogens is 483 g/mol. The van der Waals surface area contributed by atoms with Crippen LogP contribution in [-0.4, -0.2) is 65.1 Å². The lowest BCUT2D eigenvalue weighted by Gasteiger charge is -2.40. The minimum absolute atomic E-state index is 0.0589. The van der Waals surface area contributed by atoms with Crippen LogP contribution in [-0.2, 0) is 11.3 Å². The maximum Gasteiger partial charge on any atom is 0.410 e. The number of carbonyl (C=O) groups is 2. The molecule has 0 N–H and O–H groups in total. The third kappa shape index (κ3) is 6.75. The molecule has 0 spiro atoms. The minimum Gasteiger partial charge on any atom is -0.444 e. The molecule has 3 aromatic rings. The highest BCUT2D eigenvalue weighted by Crippen LogP contribution is 2.22. The van der Waals surface area contributed by atoms with Crippen molar-refractivity contribution in [2.45, 2.75) is 45.9 Å². The molecule has 1 aliphatic rings. The Hall–Kier alpha value is -3.78. The van der Waals surface area contributed by atoms with Gasteiger partial charge in [-0.1, -0.05) is 30.3 Å². The van der Waals surface area contributed by atoms with Crippen molar-refractivity contribution < 1.29 is 18.7 Å². The maximum atomic E-state index is 13.2. The Labute approximate surface area is 223 Å². The summed E-state index contributed by atoms with van der Waals surface area (Å²) in [6.07, 6.45) is 1.36. The predicted octanol–water partition coefficient (Wildman–Crippen LogP) is 5.61. The van der Waals surface area contributed by atoms with Crippen LogP contribution in [0.25, 0.3) is 11.1 Å². The molecule has 0 saturated carbocycles. The van der Waals surface area contributed by atoms with Gasteiger partial charge in [-0.2, -0.15) is 0 Å². The first kappa shape index (κ1) is 27.3. The molecule has 2 aromatic carbocycles. The number of rotatable bonds is 5. The van der Waals surface area contributed by atoms with Crippen LogP contribution in [0, 0.1) is 5.82 Å². The lowest BCUT2D eigenvalue weighted by atomic mass is 10.1. The zero-order valence-corrected chi connectivity index (χ0v) is 22.6. The number of aromatic nitrogens is 1. The molecule has 8 heteroatoms. The van der Waals surface area contributed by atoms with Crippen molar-refractivity contribution in [3.05, 3.63) is 83.9 Å². The normalized spacial score (nSPS) is 16.3. The van der Waals surface area contributed by atoms with Crippen molar-refractivity contribution in [1.29, 1.82) is 0 Å². The molecule has 2 heterocycles. The van der Waals surface area contributed by atoms with Gasteiger partial charge in [0.05, 0.1) is 0 Å². The van der Waals surface area contributed by atoms with Gasteiger partial charge in [0.15, 0.2) is 0 Å². The Bertz CT molecular complexity index is 1250. The zero-order chi connectivity index (χ0) is 27.4. The Morgan fingerprint density at radius 2 is 1.66 bits per heavy atom. The van der Waals surface area contributed by atoms with Crippen molar-refractivity contribution in [2.24, 2.45) is 0 Å². The molecule has 1 saturated heterocycles. The third-order valence-corrected chi connectivity index (χ3v) is 6.53. The van der Waals surface area contributed by atoms with E-state index in [9.17, 15) is 14.0 Å². The van der Waals surface area contributed by atoms with E-state index in [1.165, 1.54) is 12.1 Å². The zero-order valence-electron chi connectivity index (χ0n) is 22.6. The summed E-state index contributed by atoms with van der Waals surface area (Å²) in [5, 5.41) is 0.